The summed E-state index contributed by atoms with van der Waals surface area (Å²) in [6, 6.07) is 8.67. The fraction of sp³-hybridized carbons (Fsp3) is 0.231. The van der Waals surface area contributed by atoms with Gasteiger partial charge in [0.2, 0.25) is 0 Å². The van der Waals surface area contributed by atoms with Gasteiger partial charge in [0.1, 0.15) is 5.57 Å². The van der Waals surface area contributed by atoms with Crippen molar-refractivity contribution in [1.29, 1.82) is 0 Å². The topological polar surface area (TPSA) is 43.4 Å². The minimum Gasteiger partial charge on any atom is -0.462 e. The summed E-state index contributed by atoms with van der Waals surface area (Å²) in [5.41, 5.74) is 0.566. The minimum absolute atomic E-state index is 0.0769. The van der Waals surface area contributed by atoms with Crippen molar-refractivity contribution in [3.05, 3.63) is 47.5 Å². The summed E-state index contributed by atoms with van der Waals surface area (Å²) < 4.78 is 4.81. The van der Waals surface area contributed by atoms with Crippen LogP contribution >= 0.6 is 0 Å². The Labute approximate surface area is 94.7 Å². The maximum atomic E-state index is 11.9. The first-order valence-electron chi connectivity index (χ1n) is 5.13. The Morgan fingerprint density at radius 2 is 1.88 bits per heavy atom. The summed E-state index contributed by atoms with van der Waals surface area (Å²) in [6.07, 6.45) is 1.48. The highest BCUT2D eigenvalue weighted by molar-refractivity contribution is 6.24. The van der Waals surface area contributed by atoms with Gasteiger partial charge < -0.3 is 4.74 Å². The number of hydrogen-bond donors (Lipinski definition) is 0. The van der Waals surface area contributed by atoms with Gasteiger partial charge in [0, 0.05) is 5.56 Å². The van der Waals surface area contributed by atoms with Crippen LogP contribution in [-0.4, -0.2) is 18.4 Å². The van der Waals surface area contributed by atoms with E-state index in [1.54, 1.807) is 38.1 Å². The van der Waals surface area contributed by atoms with Crippen LogP contribution in [0.1, 0.15) is 24.2 Å². The zero-order chi connectivity index (χ0) is 12.0. The van der Waals surface area contributed by atoms with Crippen LogP contribution in [-0.2, 0) is 9.53 Å². The molecule has 0 saturated heterocycles. The van der Waals surface area contributed by atoms with Crippen molar-refractivity contribution >= 4 is 11.8 Å². The molecule has 0 N–H and O–H groups in total. The lowest BCUT2D eigenvalue weighted by molar-refractivity contribution is -0.138. The van der Waals surface area contributed by atoms with Crippen molar-refractivity contribution < 1.29 is 14.3 Å². The van der Waals surface area contributed by atoms with E-state index < -0.39 is 5.97 Å². The van der Waals surface area contributed by atoms with Crippen molar-refractivity contribution in [3.63, 3.8) is 0 Å². The van der Waals surface area contributed by atoms with Crippen molar-refractivity contribution in [2.75, 3.05) is 6.61 Å². The van der Waals surface area contributed by atoms with Crippen LogP contribution in [0.15, 0.2) is 42.0 Å². The van der Waals surface area contributed by atoms with Crippen LogP contribution in [0.3, 0.4) is 0 Å². The van der Waals surface area contributed by atoms with Gasteiger partial charge in [-0.05, 0) is 13.8 Å². The molecule has 0 atom stereocenters. The number of carbonyl (C=O) groups is 2. The summed E-state index contributed by atoms with van der Waals surface area (Å²) in [5, 5.41) is 0. The van der Waals surface area contributed by atoms with E-state index in [2.05, 4.69) is 0 Å². The third kappa shape index (κ3) is 2.79. The van der Waals surface area contributed by atoms with Gasteiger partial charge in [-0.1, -0.05) is 36.4 Å². The lowest BCUT2D eigenvalue weighted by Gasteiger charge is -2.05. The fourth-order valence-corrected chi connectivity index (χ4v) is 1.30. The molecular formula is C13H14O3. The monoisotopic (exact) mass is 218 g/mol. The number of hydrogen-bond acceptors (Lipinski definition) is 3. The number of rotatable bonds is 4. The number of ether oxygens (including phenoxy) is 1. The van der Waals surface area contributed by atoms with Gasteiger partial charge in [-0.25, -0.2) is 4.79 Å². The maximum absolute atomic E-state index is 11.9. The van der Waals surface area contributed by atoms with E-state index in [1.165, 1.54) is 6.08 Å². The summed E-state index contributed by atoms with van der Waals surface area (Å²) in [4.78, 5) is 23.4. The third-order valence-electron chi connectivity index (χ3n) is 2.06. The Balaban J connectivity index is 2.92. The molecular weight excluding hydrogens is 204 g/mol. The van der Waals surface area contributed by atoms with Gasteiger partial charge in [0.05, 0.1) is 6.61 Å². The third-order valence-corrected chi connectivity index (χ3v) is 2.06. The van der Waals surface area contributed by atoms with Crippen molar-refractivity contribution in [3.8, 4) is 0 Å². The lowest BCUT2D eigenvalue weighted by Crippen LogP contribution is -2.15. The van der Waals surface area contributed by atoms with E-state index in [4.69, 9.17) is 4.74 Å². The molecule has 0 aromatic heterocycles. The molecule has 3 nitrogen and oxygen atoms in total. The first-order valence-corrected chi connectivity index (χ1v) is 5.13. The maximum Gasteiger partial charge on any atom is 0.341 e. The summed E-state index contributed by atoms with van der Waals surface area (Å²) in [7, 11) is 0. The molecule has 1 rings (SSSR count). The van der Waals surface area contributed by atoms with Crippen LogP contribution in [0.25, 0.3) is 0 Å². The SMILES string of the molecule is C/C=C(/C(=O)OCC)C(=O)c1ccccc1. The van der Waals surface area contributed by atoms with E-state index in [-0.39, 0.29) is 18.0 Å². The Morgan fingerprint density at radius 3 is 2.38 bits per heavy atom. The number of carbonyl (C=O) groups excluding carboxylic acids is 2. The smallest absolute Gasteiger partial charge is 0.341 e. The van der Waals surface area contributed by atoms with Crippen LogP contribution in [0, 0.1) is 0 Å². The second-order valence-corrected chi connectivity index (χ2v) is 3.12. The van der Waals surface area contributed by atoms with Crippen LogP contribution in [0.4, 0.5) is 0 Å². The number of allylic oxidation sites excluding steroid dienone is 1. The fourth-order valence-electron chi connectivity index (χ4n) is 1.30. The quantitative estimate of drug-likeness (QED) is 0.256. The molecule has 0 spiro atoms. The molecule has 0 aliphatic rings. The molecule has 0 aliphatic carbocycles. The van der Waals surface area contributed by atoms with E-state index in [9.17, 15) is 9.59 Å². The van der Waals surface area contributed by atoms with Crippen LogP contribution in [0.2, 0.25) is 0 Å². The summed E-state index contributed by atoms with van der Waals surface area (Å²) in [6.45, 7) is 3.61. The van der Waals surface area contributed by atoms with E-state index in [0.29, 0.717) is 5.56 Å². The molecule has 0 saturated carbocycles. The molecule has 0 fully saturated rings. The number of benzene rings is 1. The number of esters is 1. The highest BCUT2D eigenvalue weighted by Gasteiger charge is 2.19. The first-order chi connectivity index (χ1) is 7.70. The predicted octanol–water partition coefficient (Wildman–Crippen LogP) is 2.38. The van der Waals surface area contributed by atoms with Gasteiger partial charge in [-0.15, -0.1) is 0 Å². The average molecular weight is 218 g/mol. The highest BCUT2D eigenvalue weighted by Crippen LogP contribution is 2.09. The first kappa shape index (κ1) is 12.2. The van der Waals surface area contributed by atoms with Crippen LogP contribution < -0.4 is 0 Å². The zero-order valence-electron chi connectivity index (χ0n) is 9.40. The molecule has 0 heterocycles. The molecule has 0 aliphatic heterocycles. The van der Waals surface area contributed by atoms with E-state index >= 15 is 0 Å². The summed E-state index contributed by atoms with van der Waals surface area (Å²) in [5.74, 6) is -0.875. The Bertz CT molecular complexity index is 404. The lowest BCUT2D eigenvalue weighted by atomic mass is 10.0. The second kappa shape index (κ2) is 5.85. The molecule has 0 unspecified atom stereocenters. The van der Waals surface area contributed by atoms with Crippen molar-refractivity contribution in [1.82, 2.24) is 0 Å². The zero-order valence-corrected chi connectivity index (χ0v) is 9.40. The molecule has 0 radical (unpaired) electrons. The van der Waals surface area contributed by atoms with Crippen LogP contribution in [0.5, 0.6) is 0 Å². The number of Topliss-reactive ketones (excluding diaryl/α,β-unsaturated/α-hetero) is 1. The predicted molar refractivity (Wildman–Crippen MR) is 61.2 cm³/mol. The average Bonchev–Trinajstić information content (AvgIpc) is 2.31. The normalized spacial score (nSPS) is 11.0. The molecule has 0 amide bonds. The molecule has 84 valence electrons. The van der Waals surface area contributed by atoms with E-state index in [0.717, 1.165) is 0 Å². The Hall–Kier alpha value is -1.90. The molecule has 0 bridgehead atoms. The van der Waals surface area contributed by atoms with Gasteiger partial charge >= 0.3 is 5.97 Å². The second-order valence-electron chi connectivity index (χ2n) is 3.12. The van der Waals surface area contributed by atoms with Crippen molar-refractivity contribution in [2.45, 2.75) is 13.8 Å². The van der Waals surface area contributed by atoms with Crippen molar-refractivity contribution in [2.24, 2.45) is 0 Å². The van der Waals surface area contributed by atoms with Gasteiger partial charge in [-0.3, -0.25) is 4.79 Å². The molecule has 1 aromatic carbocycles. The van der Waals surface area contributed by atoms with Gasteiger partial charge in [-0.2, -0.15) is 0 Å². The molecule has 16 heavy (non-hydrogen) atoms. The van der Waals surface area contributed by atoms with Gasteiger partial charge in [0.25, 0.3) is 0 Å². The highest BCUT2D eigenvalue weighted by atomic mass is 16.5. The Kier molecular flexibility index (Phi) is 4.45. The molecule has 1 aromatic rings. The minimum atomic E-state index is -0.571. The summed E-state index contributed by atoms with van der Waals surface area (Å²) >= 11 is 0. The largest absolute Gasteiger partial charge is 0.462 e. The van der Waals surface area contributed by atoms with Gasteiger partial charge in [0.15, 0.2) is 5.78 Å². The standard InChI is InChI=1S/C13H14O3/c1-3-11(13(15)16-4-2)12(14)10-8-6-5-7-9-10/h3,5-9H,4H2,1-2H3/b11-3+. The number of ketones is 1. The molecule has 3 heteroatoms. The van der Waals surface area contributed by atoms with E-state index in [1.807, 2.05) is 6.07 Å². The Morgan fingerprint density at radius 1 is 1.25 bits per heavy atom.